The summed E-state index contributed by atoms with van der Waals surface area (Å²) in [5.41, 5.74) is 1.41. The van der Waals surface area contributed by atoms with Crippen molar-refractivity contribution in [2.45, 2.75) is 26.3 Å². The van der Waals surface area contributed by atoms with E-state index in [9.17, 15) is 23.9 Å². The number of rotatable bonds is 4. The number of fused-ring (bicyclic) bond motifs is 1. The minimum Gasteiger partial charge on any atom is -0.478 e. The van der Waals surface area contributed by atoms with E-state index in [0.717, 1.165) is 4.88 Å². The molecule has 2 N–H and O–H groups in total. The van der Waals surface area contributed by atoms with Gasteiger partial charge in [-0.1, -0.05) is 12.1 Å². The van der Waals surface area contributed by atoms with Gasteiger partial charge in [0.15, 0.2) is 0 Å². The number of nitrogens with one attached hydrogen (secondary N) is 1. The number of carbonyl (C=O) groups excluding carboxylic acids is 2. The van der Waals surface area contributed by atoms with Crippen molar-refractivity contribution >= 4 is 34.1 Å². The number of benzene rings is 1. The summed E-state index contributed by atoms with van der Waals surface area (Å²) in [5, 5.41) is 12.5. The molecule has 0 radical (unpaired) electrons. The zero-order valence-electron chi connectivity index (χ0n) is 14.0. The van der Waals surface area contributed by atoms with Gasteiger partial charge in [-0.25, -0.2) is 9.18 Å². The molecule has 6 nitrogen and oxygen atoms in total. The summed E-state index contributed by atoms with van der Waals surface area (Å²) in [4.78, 5) is 37.9. The van der Waals surface area contributed by atoms with Crippen LogP contribution in [0.15, 0.2) is 24.3 Å². The van der Waals surface area contributed by atoms with Gasteiger partial charge in [0.2, 0.25) is 11.8 Å². The number of halogens is 1. The van der Waals surface area contributed by atoms with E-state index < -0.39 is 5.97 Å². The van der Waals surface area contributed by atoms with Crippen molar-refractivity contribution in [1.82, 2.24) is 4.90 Å². The molecule has 1 aromatic heterocycles. The molecule has 1 aliphatic rings. The first-order chi connectivity index (χ1) is 12.3. The number of hydrogen-bond donors (Lipinski definition) is 2. The van der Waals surface area contributed by atoms with E-state index in [1.54, 1.807) is 4.90 Å². The van der Waals surface area contributed by atoms with Crippen LogP contribution in [0.5, 0.6) is 0 Å². The molecule has 0 spiro atoms. The highest BCUT2D eigenvalue weighted by Crippen LogP contribution is 2.37. The summed E-state index contributed by atoms with van der Waals surface area (Å²) in [6.45, 7) is 2.29. The summed E-state index contributed by atoms with van der Waals surface area (Å²) >= 11 is 1.19. The number of amides is 2. The molecule has 0 saturated carbocycles. The molecular weight excluding hydrogens is 359 g/mol. The summed E-state index contributed by atoms with van der Waals surface area (Å²) in [5.74, 6) is -1.93. The maximum atomic E-state index is 12.9. The first kappa shape index (κ1) is 18.1. The van der Waals surface area contributed by atoms with Crippen LogP contribution in [0.25, 0.3) is 0 Å². The Morgan fingerprint density at radius 1 is 1.27 bits per heavy atom. The SMILES string of the molecule is CC(=O)N1CCc2c(sc(NC(=O)Cc3ccc(F)cc3)c2C(=O)O)C1. The molecule has 0 fully saturated rings. The zero-order valence-corrected chi connectivity index (χ0v) is 14.9. The number of anilines is 1. The third-order valence-electron chi connectivity index (χ3n) is 4.25. The largest absolute Gasteiger partial charge is 0.478 e. The Morgan fingerprint density at radius 3 is 2.58 bits per heavy atom. The first-order valence-corrected chi connectivity index (χ1v) is 8.84. The molecule has 2 aromatic rings. The summed E-state index contributed by atoms with van der Waals surface area (Å²) in [7, 11) is 0. The van der Waals surface area contributed by atoms with Crippen molar-refractivity contribution in [3.63, 3.8) is 0 Å². The van der Waals surface area contributed by atoms with Gasteiger partial charge in [-0.3, -0.25) is 9.59 Å². The number of nitrogens with zero attached hydrogens (tertiary/aromatic N) is 1. The molecule has 3 rings (SSSR count). The normalized spacial score (nSPS) is 13.2. The van der Waals surface area contributed by atoms with Crippen LogP contribution >= 0.6 is 11.3 Å². The third kappa shape index (κ3) is 3.75. The molecule has 0 aliphatic carbocycles. The fourth-order valence-electron chi connectivity index (χ4n) is 2.95. The Labute approximate surface area is 153 Å². The molecule has 26 heavy (non-hydrogen) atoms. The Bertz CT molecular complexity index is 876. The van der Waals surface area contributed by atoms with Gasteiger partial charge in [0.25, 0.3) is 0 Å². The highest BCUT2D eigenvalue weighted by atomic mass is 32.1. The molecule has 2 heterocycles. The molecular formula is C18H17FN2O4S. The summed E-state index contributed by atoms with van der Waals surface area (Å²) < 4.78 is 12.9. The first-order valence-electron chi connectivity index (χ1n) is 8.02. The Morgan fingerprint density at radius 2 is 1.96 bits per heavy atom. The van der Waals surface area contributed by atoms with Crippen molar-refractivity contribution < 1.29 is 23.9 Å². The second-order valence-electron chi connectivity index (χ2n) is 6.06. The second-order valence-corrected chi connectivity index (χ2v) is 7.16. The van der Waals surface area contributed by atoms with E-state index in [1.165, 1.54) is 42.5 Å². The quantitative estimate of drug-likeness (QED) is 0.859. The standard InChI is InChI=1S/C18H17FN2O4S/c1-10(22)21-7-6-13-14(9-21)26-17(16(13)18(24)25)20-15(23)8-11-2-4-12(19)5-3-11/h2-5H,6-9H2,1H3,(H,20,23)(H,24,25). The van der Waals surface area contributed by atoms with Crippen molar-refractivity contribution in [1.29, 1.82) is 0 Å². The van der Waals surface area contributed by atoms with Gasteiger partial charge < -0.3 is 15.3 Å². The molecule has 1 aromatic carbocycles. The number of hydrogen-bond acceptors (Lipinski definition) is 4. The summed E-state index contributed by atoms with van der Waals surface area (Å²) in [6, 6.07) is 5.56. The lowest BCUT2D eigenvalue weighted by atomic mass is 10.0. The predicted molar refractivity (Wildman–Crippen MR) is 94.8 cm³/mol. The Balaban J connectivity index is 1.81. The highest BCUT2D eigenvalue weighted by molar-refractivity contribution is 7.17. The molecule has 8 heteroatoms. The lowest BCUT2D eigenvalue weighted by molar-refractivity contribution is -0.129. The van der Waals surface area contributed by atoms with E-state index in [1.807, 2.05) is 0 Å². The van der Waals surface area contributed by atoms with Crippen LogP contribution in [0.4, 0.5) is 9.39 Å². The third-order valence-corrected chi connectivity index (χ3v) is 5.38. The van der Waals surface area contributed by atoms with Crippen LogP contribution in [0.3, 0.4) is 0 Å². The molecule has 0 bridgehead atoms. The van der Waals surface area contributed by atoms with E-state index in [4.69, 9.17) is 0 Å². The van der Waals surface area contributed by atoms with Crippen molar-refractivity contribution in [3.05, 3.63) is 51.7 Å². The topological polar surface area (TPSA) is 86.7 Å². The lowest BCUT2D eigenvalue weighted by Crippen LogP contribution is -2.33. The van der Waals surface area contributed by atoms with E-state index in [0.29, 0.717) is 30.6 Å². The second kappa shape index (κ2) is 7.25. The van der Waals surface area contributed by atoms with Gasteiger partial charge in [0, 0.05) is 18.3 Å². The molecule has 0 atom stereocenters. The van der Waals surface area contributed by atoms with Crippen molar-refractivity contribution in [2.75, 3.05) is 11.9 Å². The number of carboxylic acids is 1. The smallest absolute Gasteiger partial charge is 0.339 e. The average molecular weight is 376 g/mol. The zero-order chi connectivity index (χ0) is 18.8. The highest BCUT2D eigenvalue weighted by Gasteiger charge is 2.29. The van der Waals surface area contributed by atoms with Gasteiger partial charge >= 0.3 is 5.97 Å². The predicted octanol–water partition coefficient (Wildman–Crippen LogP) is 2.67. The molecule has 0 unspecified atom stereocenters. The molecule has 136 valence electrons. The molecule has 2 amide bonds. The summed E-state index contributed by atoms with van der Waals surface area (Å²) in [6.07, 6.45) is 0.461. The van der Waals surface area contributed by atoms with Crippen LogP contribution in [0.1, 0.15) is 33.3 Å². The van der Waals surface area contributed by atoms with E-state index in [-0.39, 0.29) is 34.6 Å². The maximum Gasteiger partial charge on any atom is 0.339 e. The van der Waals surface area contributed by atoms with Gasteiger partial charge in [-0.15, -0.1) is 11.3 Å². The molecule has 0 saturated heterocycles. The Kier molecular flexibility index (Phi) is 5.03. The van der Waals surface area contributed by atoms with Crippen LogP contribution in [-0.4, -0.2) is 34.3 Å². The number of carbonyl (C=O) groups is 3. The van der Waals surface area contributed by atoms with E-state index >= 15 is 0 Å². The average Bonchev–Trinajstić information content (AvgIpc) is 2.93. The molecule has 1 aliphatic heterocycles. The van der Waals surface area contributed by atoms with E-state index in [2.05, 4.69) is 5.32 Å². The van der Waals surface area contributed by atoms with Crippen LogP contribution in [0, 0.1) is 5.82 Å². The minimum atomic E-state index is -1.10. The van der Waals surface area contributed by atoms with Crippen LogP contribution in [-0.2, 0) is 29.0 Å². The Hall–Kier alpha value is -2.74. The maximum absolute atomic E-state index is 12.9. The van der Waals surface area contributed by atoms with Crippen LogP contribution in [0.2, 0.25) is 0 Å². The number of carboxylic acid groups (broad SMARTS) is 1. The van der Waals surface area contributed by atoms with Gasteiger partial charge in [-0.2, -0.15) is 0 Å². The van der Waals surface area contributed by atoms with Gasteiger partial charge in [0.05, 0.1) is 18.5 Å². The van der Waals surface area contributed by atoms with Crippen LogP contribution < -0.4 is 5.32 Å². The minimum absolute atomic E-state index is 0.0154. The monoisotopic (exact) mass is 376 g/mol. The number of thiophene rings is 1. The van der Waals surface area contributed by atoms with Crippen molar-refractivity contribution in [3.8, 4) is 0 Å². The fourth-order valence-corrected chi connectivity index (χ4v) is 4.22. The number of aromatic carboxylic acids is 1. The van der Waals surface area contributed by atoms with Gasteiger partial charge in [0.1, 0.15) is 10.8 Å². The van der Waals surface area contributed by atoms with Crippen molar-refractivity contribution in [2.24, 2.45) is 0 Å². The fraction of sp³-hybridized carbons (Fsp3) is 0.278. The lowest BCUT2D eigenvalue weighted by Gasteiger charge is -2.25. The van der Waals surface area contributed by atoms with Gasteiger partial charge in [-0.05, 0) is 29.7 Å².